The van der Waals surface area contributed by atoms with Gasteiger partial charge in [-0.25, -0.2) is 4.79 Å². The molecule has 0 radical (unpaired) electrons. The molecule has 0 aliphatic heterocycles. The van der Waals surface area contributed by atoms with E-state index in [1.165, 1.54) is 23.8 Å². The lowest BCUT2D eigenvalue weighted by Crippen LogP contribution is -2.17. The number of hydrogen-bond donors (Lipinski definition) is 1. The zero-order chi connectivity index (χ0) is 24.9. The Labute approximate surface area is 205 Å². The first-order valence-electron chi connectivity index (χ1n) is 11.5. The quantitative estimate of drug-likeness (QED) is 0.210. The average Bonchev–Trinajstić information content (AvgIpc) is 2.88. The first kappa shape index (κ1) is 25.5. The van der Waals surface area contributed by atoms with Crippen molar-refractivity contribution in [3.8, 4) is 11.5 Å². The van der Waals surface area contributed by atoms with E-state index >= 15 is 0 Å². The lowest BCUT2D eigenvalue weighted by Gasteiger charge is -2.13. The van der Waals surface area contributed by atoms with Gasteiger partial charge in [-0.2, -0.15) is 0 Å². The normalized spacial score (nSPS) is 10.3. The molecular weight excluding hydrogens is 446 g/mol. The fourth-order valence-electron chi connectivity index (χ4n) is 3.35. The van der Waals surface area contributed by atoms with Gasteiger partial charge in [0.15, 0.2) is 6.61 Å². The zero-order valence-electron chi connectivity index (χ0n) is 19.7. The first-order chi connectivity index (χ1) is 17.1. The van der Waals surface area contributed by atoms with E-state index in [4.69, 9.17) is 14.2 Å². The molecule has 0 fully saturated rings. The highest BCUT2D eigenvalue weighted by Crippen LogP contribution is 2.26. The number of unbranched alkanes of at least 4 members (excludes halogenated alkanes) is 1. The predicted octanol–water partition coefficient (Wildman–Crippen LogP) is 5.10. The van der Waals surface area contributed by atoms with Crippen LogP contribution in [-0.2, 0) is 16.0 Å². The van der Waals surface area contributed by atoms with Crippen LogP contribution in [0.2, 0.25) is 0 Å². The number of aryl methyl sites for hydroxylation is 1. The minimum Gasteiger partial charge on any atom is -0.494 e. The Bertz CT molecular complexity index is 1110. The summed E-state index contributed by atoms with van der Waals surface area (Å²) in [5, 5.41) is 2.74. The van der Waals surface area contributed by atoms with Crippen molar-refractivity contribution >= 4 is 23.9 Å². The maximum absolute atomic E-state index is 12.8. The molecular formula is C28H29NO6. The van der Waals surface area contributed by atoms with Crippen LogP contribution in [0.4, 0.5) is 5.69 Å². The maximum Gasteiger partial charge on any atom is 0.344 e. The van der Waals surface area contributed by atoms with Gasteiger partial charge in [-0.05, 0) is 74.2 Å². The summed E-state index contributed by atoms with van der Waals surface area (Å²) >= 11 is 0. The molecule has 0 aliphatic rings. The second-order valence-electron chi connectivity index (χ2n) is 7.74. The Hall–Kier alpha value is -4.13. The molecule has 3 aromatic carbocycles. The highest BCUT2D eigenvalue weighted by atomic mass is 16.6. The summed E-state index contributed by atoms with van der Waals surface area (Å²) in [4.78, 5) is 35.5. The van der Waals surface area contributed by atoms with Crippen LogP contribution in [-0.4, -0.2) is 38.0 Å². The van der Waals surface area contributed by atoms with Gasteiger partial charge >= 0.3 is 5.97 Å². The summed E-state index contributed by atoms with van der Waals surface area (Å²) in [7, 11) is 0. The highest BCUT2D eigenvalue weighted by molar-refractivity contribution is 6.05. The number of rotatable bonds is 13. The second kappa shape index (κ2) is 13.5. The molecule has 7 heteroatoms. The predicted molar refractivity (Wildman–Crippen MR) is 133 cm³/mol. The number of esters is 1. The van der Waals surface area contributed by atoms with Crippen LogP contribution in [0.1, 0.15) is 46.0 Å². The Kier molecular flexibility index (Phi) is 9.87. The second-order valence-corrected chi connectivity index (χ2v) is 7.74. The van der Waals surface area contributed by atoms with E-state index in [0.29, 0.717) is 29.8 Å². The molecule has 0 saturated carbocycles. The van der Waals surface area contributed by atoms with E-state index in [2.05, 4.69) is 17.4 Å². The molecule has 0 aromatic heterocycles. The molecule has 182 valence electrons. The SMILES string of the molecule is CCOC(=O)COc1ccc(C=O)cc1NC(=O)c1ccc(OCCCCc2ccccc2)cc1. The van der Waals surface area contributed by atoms with Crippen LogP contribution in [0, 0.1) is 0 Å². The number of carbonyl (C=O) groups is 3. The van der Waals surface area contributed by atoms with Crippen LogP contribution >= 0.6 is 0 Å². The molecule has 1 N–H and O–H groups in total. The van der Waals surface area contributed by atoms with Crippen molar-refractivity contribution in [3.05, 3.63) is 89.5 Å². The summed E-state index contributed by atoms with van der Waals surface area (Å²) in [6, 6.07) is 21.7. The van der Waals surface area contributed by atoms with Gasteiger partial charge in [0, 0.05) is 11.1 Å². The summed E-state index contributed by atoms with van der Waals surface area (Å²) in [5.74, 6) is 0.0264. The lowest BCUT2D eigenvalue weighted by atomic mass is 10.1. The molecule has 0 spiro atoms. The molecule has 0 unspecified atom stereocenters. The molecule has 0 saturated heterocycles. The van der Waals surface area contributed by atoms with E-state index in [1.807, 2.05) is 18.2 Å². The van der Waals surface area contributed by atoms with E-state index in [9.17, 15) is 14.4 Å². The van der Waals surface area contributed by atoms with Crippen LogP contribution < -0.4 is 14.8 Å². The summed E-state index contributed by atoms with van der Waals surface area (Å²) in [6.07, 6.45) is 3.64. The lowest BCUT2D eigenvalue weighted by molar-refractivity contribution is -0.145. The number of aldehydes is 1. The number of ether oxygens (including phenoxy) is 3. The number of nitrogens with one attached hydrogen (secondary N) is 1. The van der Waals surface area contributed by atoms with Crippen molar-refractivity contribution in [2.24, 2.45) is 0 Å². The van der Waals surface area contributed by atoms with Gasteiger partial charge in [-0.15, -0.1) is 0 Å². The largest absolute Gasteiger partial charge is 0.494 e. The van der Waals surface area contributed by atoms with Crippen LogP contribution in [0.25, 0.3) is 0 Å². The van der Waals surface area contributed by atoms with Gasteiger partial charge in [0.2, 0.25) is 0 Å². The molecule has 0 bridgehead atoms. The fraction of sp³-hybridized carbons (Fsp3) is 0.250. The molecule has 1 amide bonds. The number of carbonyl (C=O) groups excluding carboxylic acids is 3. The van der Waals surface area contributed by atoms with E-state index < -0.39 is 5.97 Å². The topological polar surface area (TPSA) is 90.9 Å². The van der Waals surface area contributed by atoms with Gasteiger partial charge in [0.25, 0.3) is 5.91 Å². The molecule has 3 aromatic rings. The molecule has 35 heavy (non-hydrogen) atoms. The van der Waals surface area contributed by atoms with Crippen molar-refractivity contribution in [2.45, 2.75) is 26.2 Å². The average molecular weight is 476 g/mol. The third-order valence-electron chi connectivity index (χ3n) is 5.13. The fourth-order valence-corrected chi connectivity index (χ4v) is 3.35. The monoisotopic (exact) mass is 475 g/mol. The van der Waals surface area contributed by atoms with Gasteiger partial charge < -0.3 is 19.5 Å². The van der Waals surface area contributed by atoms with E-state index in [-0.39, 0.29) is 30.6 Å². The summed E-state index contributed by atoms with van der Waals surface area (Å²) < 4.78 is 16.1. The number of anilines is 1. The maximum atomic E-state index is 12.8. The highest BCUT2D eigenvalue weighted by Gasteiger charge is 2.13. The van der Waals surface area contributed by atoms with Crippen LogP contribution in [0.5, 0.6) is 11.5 Å². The van der Waals surface area contributed by atoms with E-state index in [1.54, 1.807) is 31.2 Å². The smallest absolute Gasteiger partial charge is 0.344 e. The van der Waals surface area contributed by atoms with Gasteiger partial charge in [0.05, 0.1) is 18.9 Å². The third-order valence-corrected chi connectivity index (χ3v) is 5.13. The number of amides is 1. The van der Waals surface area contributed by atoms with Crippen molar-refractivity contribution in [1.82, 2.24) is 0 Å². The Morgan fingerprint density at radius 2 is 1.69 bits per heavy atom. The van der Waals surface area contributed by atoms with E-state index in [0.717, 1.165) is 19.3 Å². The molecule has 0 aliphatic carbocycles. The van der Waals surface area contributed by atoms with Crippen molar-refractivity contribution in [3.63, 3.8) is 0 Å². The summed E-state index contributed by atoms with van der Waals surface area (Å²) in [5.41, 5.74) is 2.37. The van der Waals surface area contributed by atoms with Crippen molar-refractivity contribution < 1.29 is 28.6 Å². The van der Waals surface area contributed by atoms with Crippen molar-refractivity contribution in [1.29, 1.82) is 0 Å². The molecule has 0 heterocycles. The Morgan fingerprint density at radius 1 is 0.914 bits per heavy atom. The Balaban J connectivity index is 1.52. The Morgan fingerprint density at radius 3 is 2.40 bits per heavy atom. The molecule has 0 atom stereocenters. The van der Waals surface area contributed by atoms with Crippen LogP contribution in [0.15, 0.2) is 72.8 Å². The molecule has 3 rings (SSSR count). The summed E-state index contributed by atoms with van der Waals surface area (Å²) in [6.45, 7) is 2.22. The van der Waals surface area contributed by atoms with Crippen molar-refractivity contribution in [2.75, 3.05) is 25.1 Å². The third kappa shape index (κ3) is 8.30. The number of hydrogen-bond acceptors (Lipinski definition) is 6. The van der Waals surface area contributed by atoms with Gasteiger partial charge in [-0.1, -0.05) is 30.3 Å². The first-order valence-corrected chi connectivity index (χ1v) is 11.5. The minimum absolute atomic E-state index is 0.239. The van der Waals surface area contributed by atoms with Gasteiger partial charge in [0.1, 0.15) is 17.8 Å². The standard InChI is InChI=1S/C28H29NO6/c1-2-33-27(31)20-35-26-16-11-22(19-30)18-25(26)29-28(32)23-12-14-24(15-13-23)34-17-7-6-10-21-8-4-3-5-9-21/h3-5,8-9,11-16,18-19H,2,6-7,10,17,20H2,1H3,(H,29,32). The zero-order valence-corrected chi connectivity index (χ0v) is 19.7. The van der Waals surface area contributed by atoms with Gasteiger partial charge in [-0.3, -0.25) is 9.59 Å². The minimum atomic E-state index is -0.528. The molecule has 7 nitrogen and oxygen atoms in total. The van der Waals surface area contributed by atoms with Crippen LogP contribution in [0.3, 0.4) is 0 Å². The number of benzene rings is 3.